The molecule has 1 aromatic carbocycles. The Morgan fingerprint density at radius 1 is 1.29 bits per heavy atom. The first-order valence-electron chi connectivity index (χ1n) is 5.57. The molecule has 0 aliphatic heterocycles. The van der Waals surface area contributed by atoms with Crippen molar-refractivity contribution in [2.24, 2.45) is 5.73 Å². The highest BCUT2D eigenvalue weighted by molar-refractivity contribution is 5.93. The summed E-state index contributed by atoms with van der Waals surface area (Å²) in [6, 6.07) is 8.35. The van der Waals surface area contributed by atoms with Gasteiger partial charge >= 0.3 is 0 Å². The van der Waals surface area contributed by atoms with E-state index < -0.39 is 0 Å². The van der Waals surface area contributed by atoms with Crippen LogP contribution in [0.5, 0.6) is 0 Å². The van der Waals surface area contributed by atoms with Crippen molar-refractivity contribution in [3.05, 3.63) is 36.7 Å². The molecule has 4 heteroatoms. The second kappa shape index (κ2) is 6.42. The van der Waals surface area contributed by atoms with Crippen LogP contribution in [0.1, 0.15) is 6.42 Å². The van der Waals surface area contributed by atoms with Gasteiger partial charge in [0, 0.05) is 42.4 Å². The van der Waals surface area contributed by atoms with Gasteiger partial charge in [-0.2, -0.15) is 0 Å². The summed E-state index contributed by atoms with van der Waals surface area (Å²) in [4.78, 5) is 6.38. The zero-order valence-electron chi connectivity index (χ0n) is 9.97. The van der Waals surface area contributed by atoms with Crippen LogP contribution in [0.15, 0.2) is 36.7 Å². The number of pyridine rings is 1. The Morgan fingerprint density at radius 3 is 2.88 bits per heavy atom. The molecule has 2 N–H and O–H groups in total. The van der Waals surface area contributed by atoms with Crippen molar-refractivity contribution in [3.8, 4) is 0 Å². The Hall–Kier alpha value is -1.32. The maximum atomic E-state index is 5.53. The maximum Gasteiger partial charge on any atom is 0.0444 e. The van der Waals surface area contributed by atoms with E-state index in [2.05, 4.69) is 41.2 Å². The molecule has 0 amide bonds. The monoisotopic (exact) mass is 251 g/mol. The predicted octanol–water partition coefficient (Wildman–Crippen LogP) is 2.44. The van der Waals surface area contributed by atoms with Crippen LogP contribution in [0, 0.1) is 0 Å². The first-order valence-corrected chi connectivity index (χ1v) is 5.57. The van der Waals surface area contributed by atoms with Crippen molar-refractivity contribution in [1.82, 2.24) is 4.98 Å². The van der Waals surface area contributed by atoms with Gasteiger partial charge in [0.2, 0.25) is 0 Å². The summed E-state index contributed by atoms with van der Waals surface area (Å²) in [6.07, 6.45) is 4.75. The second-order valence-electron chi connectivity index (χ2n) is 3.94. The minimum atomic E-state index is 0. The average molecular weight is 252 g/mol. The molecule has 0 aliphatic carbocycles. The number of hydrogen-bond donors (Lipinski definition) is 1. The van der Waals surface area contributed by atoms with E-state index in [4.69, 9.17) is 5.73 Å². The molecule has 3 nitrogen and oxygen atoms in total. The highest BCUT2D eigenvalue weighted by atomic mass is 35.5. The molecular weight excluding hydrogens is 234 g/mol. The number of aromatic nitrogens is 1. The van der Waals surface area contributed by atoms with E-state index in [0.717, 1.165) is 19.5 Å². The van der Waals surface area contributed by atoms with Crippen LogP contribution in [0.3, 0.4) is 0 Å². The van der Waals surface area contributed by atoms with Crippen molar-refractivity contribution in [1.29, 1.82) is 0 Å². The van der Waals surface area contributed by atoms with Gasteiger partial charge in [0.25, 0.3) is 0 Å². The van der Waals surface area contributed by atoms with Gasteiger partial charge in [-0.05, 0) is 25.1 Å². The fourth-order valence-corrected chi connectivity index (χ4v) is 1.89. The molecule has 0 aliphatic rings. The van der Waals surface area contributed by atoms with Crippen molar-refractivity contribution in [2.75, 3.05) is 25.0 Å². The number of fused-ring (bicyclic) bond motifs is 1. The third-order valence-electron chi connectivity index (χ3n) is 2.77. The Kier molecular flexibility index (Phi) is 5.19. The molecule has 92 valence electrons. The molecule has 0 fully saturated rings. The molecule has 2 rings (SSSR count). The summed E-state index contributed by atoms with van der Waals surface area (Å²) < 4.78 is 0. The largest absolute Gasteiger partial charge is 0.374 e. The highest BCUT2D eigenvalue weighted by Crippen LogP contribution is 2.24. The van der Waals surface area contributed by atoms with E-state index in [1.165, 1.54) is 16.5 Å². The summed E-state index contributed by atoms with van der Waals surface area (Å²) in [5, 5.41) is 2.43. The van der Waals surface area contributed by atoms with Crippen LogP contribution in [0.2, 0.25) is 0 Å². The van der Waals surface area contributed by atoms with Crippen molar-refractivity contribution >= 4 is 28.9 Å². The molecule has 0 atom stereocenters. The molecule has 0 saturated heterocycles. The molecule has 2 aromatic rings. The SMILES string of the molecule is CN(CCCN)c1cccc2cnccc12.Cl. The zero-order chi connectivity index (χ0) is 11.4. The molecule has 0 bridgehead atoms. The Morgan fingerprint density at radius 2 is 2.12 bits per heavy atom. The number of hydrogen-bond acceptors (Lipinski definition) is 3. The van der Waals surface area contributed by atoms with E-state index >= 15 is 0 Å². The lowest BCUT2D eigenvalue weighted by Crippen LogP contribution is -2.21. The van der Waals surface area contributed by atoms with E-state index in [9.17, 15) is 0 Å². The molecule has 1 aromatic heterocycles. The smallest absolute Gasteiger partial charge is 0.0444 e. The summed E-state index contributed by atoms with van der Waals surface area (Å²) in [5.74, 6) is 0. The summed E-state index contributed by atoms with van der Waals surface area (Å²) in [6.45, 7) is 1.72. The molecule has 1 heterocycles. The maximum absolute atomic E-state index is 5.53. The Balaban J connectivity index is 0.00000144. The van der Waals surface area contributed by atoms with Crippen LogP contribution in [0.4, 0.5) is 5.69 Å². The van der Waals surface area contributed by atoms with Gasteiger partial charge < -0.3 is 10.6 Å². The number of anilines is 1. The predicted molar refractivity (Wildman–Crippen MR) is 75.9 cm³/mol. The molecule has 0 spiro atoms. The summed E-state index contributed by atoms with van der Waals surface area (Å²) >= 11 is 0. The van der Waals surface area contributed by atoms with E-state index in [-0.39, 0.29) is 12.4 Å². The van der Waals surface area contributed by atoms with Crippen LogP contribution >= 0.6 is 12.4 Å². The molecule has 17 heavy (non-hydrogen) atoms. The van der Waals surface area contributed by atoms with Crippen LogP contribution in [-0.4, -0.2) is 25.1 Å². The molecule has 0 unspecified atom stereocenters. The van der Waals surface area contributed by atoms with Gasteiger partial charge in [0.15, 0.2) is 0 Å². The molecular formula is C13H18ClN3. The number of rotatable bonds is 4. The lowest BCUT2D eigenvalue weighted by molar-refractivity contribution is 0.797. The summed E-state index contributed by atoms with van der Waals surface area (Å²) in [7, 11) is 2.10. The van der Waals surface area contributed by atoms with Crippen molar-refractivity contribution in [3.63, 3.8) is 0 Å². The molecule has 0 radical (unpaired) electrons. The zero-order valence-corrected chi connectivity index (χ0v) is 10.8. The number of nitrogens with two attached hydrogens (primary N) is 1. The normalized spacial score (nSPS) is 10.0. The quantitative estimate of drug-likeness (QED) is 0.908. The third-order valence-corrected chi connectivity index (χ3v) is 2.77. The minimum absolute atomic E-state index is 0. The Bertz CT molecular complexity index is 468. The standard InChI is InChI=1S/C13H17N3.ClH/c1-16(9-3-7-14)13-5-2-4-11-10-15-8-6-12(11)13;/h2,4-6,8,10H,3,7,9,14H2,1H3;1H. The first-order chi connectivity index (χ1) is 7.83. The summed E-state index contributed by atoms with van der Waals surface area (Å²) in [5.41, 5.74) is 6.77. The fourth-order valence-electron chi connectivity index (χ4n) is 1.89. The van der Waals surface area contributed by atoms with Crippen LogP contribution in [-0.2, 0) is 0 Å². The fraction of sp³-hybridized carbons (Fsp3) is 0.308. The van der Waals surface area contributed by atoms with Gasteiger partial charge in [0.1, 0.15) is 0 Å². The number of nitrogens with zero attached hydrogens (tertiary/aromatic N) is 2. The van der Waals surface area contributed by atoms with Gasteiger partial charge in [-0.15, -0.1) is 12.4 Å². The van der Waals surface area contributed by atoms with Gasteiger partial charge in [-0.3, -0.25) is 4.98 Å². The highest BCUT2D eigenvalue weighted by Gasteiger charge is 2.04. The Labute approximate surface area is 108 Å². The number of halogens is 1. The average Bonchev–Trinajstić information content (AvgIpc) is 2.35. The minimum Gasteiger partial charge on any atom is -0.374 e. The van der Waals surface area contributed by atoms with Gasteiger partial charge in [-0.1, -0.05) is 12.1 Å². The lowest BCUT2D eigenvalue weighted by Gasteiger charge is -2.20. The van der Waals surface area contributed by atoms with E-state index in [1.807, 2.05) is 12.4 Å². The van der Waals surface area contributed by atoms with E-state index in [0.29, 0.717) is 0 Å². The third kappa shape index (κ3) is 3.08. The van der Waals surface area contributed by atoms with Crippen molar-refractivity contribution < 1.29 is 0 Å². The first kappa shape index (κ1) is 13.7. The second-order valence-corrected chi connectivity index (χ2v) is 3.94. The lowest BCUT2D eigenvalue weighted by atomic mass is 10.1. The van der Waals surface area contributed by atoms with Crippen LogP contribution in [0.25, 0.3) is 10.8 Å². The van der Waals surface area contributed by atoms with E-state index in [1.54, 1.807) is 0 Å². The van der Waals surface area contributed by atoms with Crippen molar-refractivity contribution in [2.45, 2.75) is 6.42 Å². The number of benzene rings is 1. The van der Waals surface area contributed by atoms with Gasteiger partial charge in [-0.25, -0.2) is 0 Å². The van der Waals surface area contributed by atoms with Crippen LogP contribution < -0.4 is 10.6 Å². The topological polar surface area (TPSA) is 42.1 Å². The molecule has 0 saturated carbocycles. The van der Waals surface area contributed by atoms with Gasteiger partial charge in [0.05, 0.1) is 0 Å².